The molecule has 1 saturated heterocycles. The Bertz CT molecular complexity index is 1220. The predicted octanol–water partition coefficient (Wildman–Crippen LogP) is 4.30. The number of hydrogen-bond acceptors (Lipinski definition) is 5. The number of hydrogen-bond donors (Lipinski definition) is 1. The second-order valence-electron chi connectivity index (χ2n) is 8.39. The van der Waals surface area contributed by atoms with Crippen LogP contribution in [0, 0.1) is 0 Å². The van der Waals surface area contributed by atoms with Gasteiger partial charge >= 0.3 is 12.1 Å². The number of carboxylic acid groups (broad SMARTS) is 1. The molecule has 1 aliphatic carbocycles. The first kappa shape index (κ1) is 22.3. The number of aliphatic carboxylic acids is 1. The lowest BCUT2D eigenvalue weighted by Crippen LogP contribution is -2.62. The molecule has 0 aromatic heterocycles. The standard InChI is InChI=1S/C26H23NO6S/c28-24(29)26(16-18-8-2-1-3-9-18)14-15-33-34(31)27(26)25(30)32-17-23-21-12-6-4-10-19(21)20-11-5-7-13-22(20)23/h1-13,23H,14-17H2,(H,28,29)/t26-,34+/m0/s1. The molecule has 5 rings (SSSR count). The van der Waals surface area contributed by atoms with Gasteiger partial charge in [-0.2, -0.15) is 4.31 Å². The van der Waals surface area contributed by atoms with Crippen LogP contribution in [0.5, 0.6) is 0 Å². The van der Waals surface area contributed by atoms with Crippen molar-refractivity contribution < 1.29 is 27.8 Å². The van der Waals surface area contributed by atoms with Crippen LogP contribution in [0.2, 0.25) is 0 Å². The average molecular weight is 478 g/mol. The molecule has 1 heterocycles. The Morgan fingerprint density at radius 3 is 2.18 bits per heavy atom. The Morgan fingerprint density at radius 1 is 0.971 bits per heavy atom. The fourth-order valence-electron chi connectivity index (χ4n) is 4.83. The summed E-state index contributed by atoms with van der Waals surface area (Å²) in [5.41, 5.74) is 3.18. The molecule has 1 fully saturated rings. The number of amides is 1. The first-order valence-corrected chi connectivity index (χ1v) is 12.0. The first-order valence-electron chi connectivity index (χ1n) is 11.0. The van der Waals surface area contributed by atoms with Crippen molar-refractivity contribution in [3.63, 3.8) is 0 Å². The van der Waals surface area contributed by atoms with Crippen LogP contribution in [0.15, 0.2) is 78.9 Å². The van der Waals surface area contributed by atoms with E-state index in [9.17, 15) is 18.9 Å². The molecule has 3 aromatic carbocycles. The summed E-state index contributed by atoms with van der Waals surface area (Å²) in [6, 6.07) is 24.8. The van der Waals surface area contributed by atoms with Gasteiger partial charge < -0.3 is 9.84 Å². The molecular formula is C26H23NO6S. The third-order valence-electron chi connectivity index (χ3n) is 6.48. The fourth-order valence-corrected chi connectivity index (χ4v) is 5.86. The molecule has 1 aliphatic heterocycles. The quantitative estimate of drug-likeness (QED) is 0.589. The Morgan fingerprint density at radius 2 is 1.56 bits per heavy atom. The van der Waals surface area contributed by atoms with Gasteiger partial charge in [-0.15, -0.1) is 0 Å². The summed E-state index contributed by atoms with van der Waals surface area (Å²) < 4.78 is 24.4. The van der Waals surface area contributed by atoms with Gasteiger partial charge in [0.2, 0.25) is 0 Å². The topological polar surface area (TPSA) is 93.1 Å². The highest BCUT2D eigenvalue weighted by Crippen LogP contribution is 2.44. The smallest absolute Gasteiger partial charge is 0.424 e. The predicted molar refractivity (Wildman–Crippen MR) is 126 cm³/mol. The van der Waals surface area contributed by atoms with Crippen LogP contribution in [-0.2, 0) is 31.4 Å². The molecule has 7 nitrogen and oxygen atoms in total. The highest BCUT2D eigenvalue weighted by atomic mass is 32.2. The molecule has 0 spiro atoms. The fraction of sp³-hybridized carbons (Fsp3) is 0.231. The number of fused-ring (bicyclic) bond motifs is 3. The lowest BCUT2D eigenvalue weighted by molar-refractivity contribution is -0.149. The molecule has 2 aliphatic rings. The van der Waals surface area contributed by atoms with Crippen molar-refractivity contribution in [1.82, 2.24) is 4.31 Å². The summed E-state index contributed by atoms with van der Waals surface area (Å²) in [6.45, 7) is -0.0551. The van der Waals surface area contributed by atoms with Crippen molar-refractivity contribution in [3.8, 4) is 11.1 Å². The van der Waals surface area contributed by atoms with Crippen molar-refractivity contribution in [1.29, 1.82) is 0 Å². The van der Waals surface area contributed by atoms with Crippen molar-refractivity contribution in [2.24, 2.45) is 0 Å². The normalized spacial score (nSPS) is 21.5. The van der Waals surface area contributed by atoms with E-state index in [0.717, 1.165) is 26.6 Å². The monoisotopic (exact) mass is 477 g/mol. The number of carboxylic acids is 1. The molecular weight excluding hydrogens is 454 g/mol. The molecule has 0 radical (unpaired) electrons. The number of carbonyl (C=O) groups excluding carboxylic acids is 1. The largest absolute Gasteiger partial charge is 0.479 e. The highest BCUT2D eigenvalue weighted by molar-refractivity contribution is 7.78. The molecule has 8 heteroatoms. The van der Waals surface area contributed by atoms with E-state index in [1.165, 1.54) is 0 Å². The minimum absolute atomic E-state index is 0.00678. The van der Waals surface area contributed by atoms with Crippen molar-refractivity contribution >= 4 is 23.3 Å². The third kappa shape index (κ3) is 3.78. The minimum Gasteiger partial charge on any atom is -0.479 e. The second-order valence-corrected chi connectivity index (χ2v) is 9.42. The molecule has 0 saturated carbocycles. The molecule has 1 N–H and O–H groups in total. The Hall–Kier alpha value is -3.49. The van der Waals surface area contributed by atoms with E-state index in [1.54, 1.807) is 24.3 Å². The molecule has 34 heavy (non-hydrogen) atoms. The van der Waals surface area contributed by atoms with Gasteiger partial charge in [-0.25, -0.2) is 13.8 Å². The van der Waals surface area contributed by atoms with Crippen LogP contribution in [0.1, 0.15) is 29.0 Å². The molecule has 2 atom stereocenters. The van der Waals surface area contributed by atoms with Gasteiger partial charge in [0.1, 0.15) is 6.61 Å². The van der Waals surface area contributed by atoms with E-state index in [4.69, 9.17) is 8.92 Å². The van der Waals surface area contributed by atoms with E-state index in [-0.39, 0.29) is 32.0 Å². The maximum atomic E-state index is 13.3. The van der Waals surface area contributed by atoms with Crippen LogP contribution in [0.25, 0.3) is 11.1 Å². The van der Waals surface area contributed by atoms with Gasteiger partial charge in [0.05, 0.1) is 6.61 Å². The second kappa shape index (κ2) is 9.04. The van der Waals surface area contributed by atoms with Gasteiger partial charge in [0, 0.05) is 18.8 Å². The van der Waals surface area contributed by atoms with Crippen molar-refractivity contribution in [3.05, 3.63) is 95.6 Å². The van der Waals surface area contributed by atoms with Crippen molar-refractivity contribution in [2.75, 3.05) is 13.2 Å². The van der Waals surface area contributed by atoms with Crippen LogP contribution < -0.4 is 0 Å². The van der Waals surface area contributed by atoms with Crippen LogP contribution >= 0.6 is 0 Å². The van der Waals surface area contributed by atoms with Crippen LogP contribution in [0.4, 0.5) is 4.79 Å². The summed E-state index contributed by atoms with van der Waals surface area (Å²) in [4.78, 5) is 25.8. The van der Waals surface area contributed by atoms with Gasteiger partial charge in [-0.05, 0) is 27.8 Å². The average Bonchev–Trinajstić information content (AvgIpc) is 3.17. The summed E-state index contributed by atoms with van der Waals surface area (Å²) in [6.07, 6.45) is -0.992. The zero-order valence-corrected chi connectivity index (χ0v) is 19.1. The number of benzene rings is 3. The zero-order chi connectivity index (χ0) is 23.7. The Balaban J connectivity index is 1.43. The number of carbonyl (C=O) groups is 2. The van der Waals surface area contributed by atoms with E-state index < -0.39 is 28.9 Å². The Labute approximate surface area is 199 Å². The molecule has 174 valence electrons. The molecule has 0 bridgehead atoms. The van der Waals surface area contributed by atoms with E-state index in [1.807, 2.05) is 54.6 Å². The number of rotatable bonds is 5. The van der Waals surface area contributed by atoms with Crippen LogP contribution in [0.3, 0.4) is 0 Å². The first-order chi connectivity index (χ1) is 16.5. The highest BCUT2D eigenvalue weighted by Gasteiger charge is 2.54. The maximum absolute atomic E-state index is 13.3. The van der Waals surface area contributed by atoms with Gasteiger partial charge in [-0.1, -0.05) is 78.9 Å². The van der Waals surface area contributed by atoms with Gasteiger partial charge in [0.15, 0.2) is 5.54 Å². The van der Waals surface area contributed by atoms with Crippen LogP contribution in [-0.4, -0.2) is 44.4 Å². The summed E-state index contributed by atoms with van der Waals surface area (Å²) in [7, 11) is 0. The van der Waals surface area contributed by atoms with Crippen molar-refractivity contribution in [2.45, 2.75) is 24.3 Å². The lowest BCUT2D eigenvalue weighted by atomic mass is 9.87. The third-order valence-corrected chi connectivity index (χ3v) is 7.64. The van der Waals surface area contributed by atoms with E-state index >= 15 is 0 Å². The zero-order valence-electron chi connectivity index (χ0n) is 18.3. The minimum atomic E-state index is -2.29. The molecule has 1 amide bonds. The Kier molecular flexibility index (Phi) is 5.93. The number of nitrogens with zero attached hydrogens (tertiary/aromatic N) is 1. The molecule has 3 aromatic rings. The van der Waals surface area contributed by atoms with Gasteiger partial charge in [-0.3, -0.25) is 4.18 Å². The summed E-state index contributed by atoms with van der Waals surface area (Å²) >= 11 is -2.29. The maximum Gasteiger partial charge on any atom is 0.424 e. The lowest BCUT2D eigenvalue weighted by Gasteiger charge is -2.41. The van der Waals surface area contributed by atoms with E-state index in [0.29, 0.717) is 5.56 Å². The van der Waals surface area contributed by atoms with Gasteiger partial charge in [0.25, 0.3) is 11.3 Å². The molecule has 0 unspecified atom stereocenters. The summed E-state index contributed by atoms with van der Waals surface area (Å²) in [5, 5.41) is 10.2. The SMILES string of the molecule is O=C(OCC1c2ccccc2-c2ccccc21)N1[S@](=O)OCC[C@]1(Cc1ccccc1)C(=O)O. The van der Waals surface area contributed by atoms with E-state index in [2.05, 4.69) is 0 Å². The summed E-state index contributed by atoms with van der Waals surface area (Å²) in [5.74, 6) is -1.45. The number of ether oxygens (including phenoxy) is 1.